The molecule has 140 valence electrons. The van der Waals surface area contributed by atoms with Gasteiger partial charge in [0.1, 0.15) is 5.66 Å². The predicted octanol–water partition coefficient (Wildman–Crippen LogP) is 2.63. The second kappa shape index (κ2) is 7.09. The third-order valence-electron chi connectivity index (χ3n) is 5.63. The molecule has 1 saturated heterocycles. The number of rotatable bonds is 6. The lowest BCUT2D eigenvalue weighted by atomic mass is 9.98. The van der Waals surface area contributed by atoms with E-state index < -0.39 is 5.66 Å². The van der Waals surface area contributed by atoms with Crippen LogP contribution in [0.2, 0.25) is 0 Å². The monoisotopic (exact) mass is 357 g/mol. The molecule has 0 N–H and O–H groups in total. The molecule has 2 heterocycles. The average Bonchev–Trinajstić information content (AvgIpc) is 2.94. The molecule has 6 heteroatoms. The Kier molecular flexibility index (Phi) is 5.03. The van der Waals surface area contributed by atoms with Crippen LogP contribution < -0.4 is 4.90 Å². The quantitative estimate of drug-likeness (QED) is 0.786. The molecule has 2 aliphatic heterocycles. The highest BCUT2D eigenvalue weighted by Gasteiger charge is 2.52. The zero-order valence-electron chi connectivity index (χ0n) is 15.8. The van der Waals surface area contributed by atoms with E-state index in [4.69, 9.17) is 0 Å². The Morgan fingerprint density at radius 1 is 1.19 bits per heavy atom. The summed E-state index contributed by atoms with van der Waals surface area (Å²) in [6.07, 6.45) is 2.07. The van der Waals surface area contributed by atoms with E-state index in [1.54, 1.807) is 20.8 Å². The molecule has 6 nitrogen and oxygen atoms in total. The second-order valence-electron chi connectivity index (χ2n) is 7.09. The number of hydrogen-bond acceptors (Lipinski definition) is 3. The molecule has 2 aliphatic rings. The van der Waals surface area contributed by atoms with Crippen molar-refractivity contribution in [3.63, 3.8) is 0 Å². The number of carbonyl (C=O) groups excluding carboxylic acids is 3. The summed E-state index contributed by atoms with van der Waals surface area (Å²) in [6, 6.07) is 7.30. The number of hydrogen-bond donors (Lipinski definition) is 0. The van der Waals surface area contributed by atoms with Crippen molar-refractivity contribution in [2.75, 3.05) is 24.5 Å². The van der Waals surface area contributed by atoms with Crippen LogP contribution in [0.5, 0.6) is 0 Å². The Hall–Kier alpha value is -2.37. The van der Waals surface area contributed by atoms with Crippen molar-refractivity contribution in [2.45, 2.75) is 52.1 Å². The normalized spacial score (nSPS) is 21.7. The maximum atomic E-state index is 13.1. The fraction of sp³-hybridized carbons (Fsp3) is 0.550. The fourth-order valence-electron chi connectivity index (χ4n) is 4.16. The van der Waals surface area contributed by atoms with Gasteiger partial charge in [0.15, 0.2) is 0 Å². The summed E-state index contributed by atoms with van der Waals surface area (Å²) in [4.78, 5) is 43.2. The molecule has 0 aromatic heterocycles. The Labute approximate surface area is 154 Å². The number of nitrogens with zero attached hydrogens (tertiary/aromatic N) is 3. The number of benzene rings is 1. The van der Waals surface area contributed by atoms with Gasteiger partial charge in [0.25, 0.3) is 5.91 Å². The van der Waals surface area contributed by atoms with E-state index >= 15 is 0 Å². The molecule has 0 bridgehead atoms. The van der Waals surface area contributed by atoms with Crippen LogP contribution in [0.1, 0.15) is 56.8 Å². The Morgan fingerprint density at radius 2 is 1.88 bits per heavy atom. The third-order valence-corrected chi connectivity index (χ3v) is 5.63. The lowest BCUT2D eigenvalue weighted by Gasteiger charge is -2.48. The van der Waals surface area contributed by atoms with Gasteiger partial charge in [-0.15, -0.1) is 0 Å². The third kappa shape index (κ3) is 2.87. The molecule has 3 rings (SSSR count). The van der Waals surface area contributed by atoms with Gasteiger partial charge in [-0.3, -0.25) is 19.3 Å². The molecule has 0 radical (unpaired) electrons. The molecular weight excluding hydrogens is 330 g/mol. The van der Waals surface area contributed by atoms with Crippen molar-refractivity contribution < 1.29 is 14.4 Å². The number of fused-ring (bicyclic) bond motifs is 3. The Bertz CT molecular complexity index is 729. The molecule has 1 aromatic rings. The lowest BCUT2D eigenvalue weighted by molar-refractivity contribution is -0.131. The van der Waals surface area contributed by atoms with Crippen LogP contribution in [0.15, 0.2) is 24.3 Å². The molecule has 0 aliphatic carbocycles. The zero-order valence-corrected chi connectivity index (χ0v) is 15.8. The van der Waals surface area contributed by atoms with Crippen LogP contribution in [0.3, 0.4) is 0 Å². The number of para-hydroxylation sites is 1. The van der Waals surface area contributed by atoms with E-state index in [-0.39, 0.29) is 17.7 Å². The van der Waals surface area contributed by atoms with E-state index in [2.05, 4.69) is 0 Å². The summed E-state index contributed by atoms with van der Waals surface area (Å²) in [5.41, 5.74) is 0.633. The van der Waals surface area contributed by atoms with Gasteiger partial charge in [0, 0.05) is 32.5 Å². The first-order valence-electron chi connectivity index (χ1n) is 9.45. The molecule has 1 fully saturated rings. The molecule has 1 unspecified atom stereocenters. The minimum absolute atomic E-state index is 0.0515. The number of carbonyl (C=O) groups is 3. The highest BCUT2D eigenvalue weighted by Crippen LogP contribution is 2.43. The summed E-state index contributed by atoms with van der Waals surface area (Å²) < 4.78 is 0. The standard InChI is InChI=1S/C20H27N3O3/c1-4-21(5-2)17(24)11-8-14-22-19(26)15-9-6-7-10-16(15)23-18(25)12-13-20(22,23)3/h6-7,9-10H,4-5,8,11-14H2,1-3H3. The number of anilines is 1. The van der Waals surface area contributed by atoms with Crippen LogP contribution in [-0.4, -0.2) is 52.8 Å². The first-order chi connectivity index (χ1) is 12.4. The van der Waals surface area contributed by atoms with Gasteiger partial charge in [0.2, 0.25) is 11.8 Å². The van der Waals surface area contributed by atoms with Crippen LogP contribution >= 0.6 is 0 Å². The van der Waals surface area contributed by atoms with Crippen molar-refractivity contribution in [1.29, 1.82) is 0 Å². The SMILES string of the molecule is CCN(CC)C(=O)CCCN1C(=O)c2ccccc2N2C(=O)CCC12C. The average molecular weight is 357 g/mol. The summed E-state index contributed by atoms with van der Waals surface area (Å²) in [7, 11) is 0. The Morgan fingerprint density at radius 3 is 2.58 bits per heavy atom. The van der Waals surface area contributed by atoms with E-state index in [0.717, 1.165) is 0 Å². The second-order valence-corrected chi connectivity index (χ2v) is 7.09. The van der Waals surface area contributed by atoms with Gasteiger partial charge in [-0.1, -0.05) is 12.1 Å². The molecule has 26 heavy (non-hydrogen) atoms. The minimum Gasteiger partial charge on any atom is -0.343 e. The first kappa shape index (κ1) is 18.4. The highest BCUT2D eigenvalue weighted by atomic mass is 16.2. The molecule has 0 saturated carbocycles. The van der Waals surface area contributed by atoms with E-state index in [0.29, 0.717) is 56.6 Å². The van der Waals surface area contributed by atoms with Gasteiger partial charge in [-0.25, -0.2) is 0 Å². The molecule has 1 atom stereocenters. The highest BCUT2D eigenvalue weighted by molar-refractivity contribution is 6.10. The minimum atomic E-state index is -0.638. The van der Waals surface area contributed by atoms with Gasteiger partial charge in [0.05, 0.1) is 11.3 Å². The van der Waals surface area contributed by atoms with E-state index in [9.17, 15) is 14.4 Å². The van der Waals surface area contributed by atoms with Crippen molar-refractivity contribution >= 4 is 23.4 Å². The maximum absolute atomic E-state index is 13.1. The van der Waals surface area contributed by atoms with Gasteiger partial charge >= 0.3 is 0 Å². The van der Waals surface area contributed by atoms with E-state index in [1.807, 2.05) is 39.0 Å². The van der Waals surface area contributed by atoms with Crippen LogP contribution in [0, 0.1) is 0 Å². The van der Waals surface area contributed by atoms with Crippen LogP contribution in [0.4, 0.5) is 5.69 Å². The molecule has 3 amide bonds. The van der Waals surface area contributed by atoms with E-state index in [1.165, 1.54) is 0 Å². The summed E-state index contributed by atoms with van der Waals surface area (Å²) in [6.45, 7) is 7.76. The maximum Gasteiger partial charge on any atom is 0.257 e. The number of amides is 3. The molecular formula is C20H27N3O3. The van der Waals surface area contributed by atoms with Crippen molar-refractivity contribution in [3.05, 3.63) is 29.8 Å². The molecule has 0 spiro atoms. The van der Waals surface area contributed by atoms with Crippen LogP contribution in [0.25, 0.3) is 0 Å². The van der Waals surface area contributed by atoms with Gasteiger partial charge in [-0.2, -0.15) is 0 Å². The summed E-state index contributed by atoms with van der Waals surface area (Å²) >= 11 is 0. The van der Waals surface area contributed by atoms with Crippen LogP contribution in [-0.2, 0) is 9.59 Å². The summed E-state index contributed by atoms with van der Waals surface area (Å²) in [5.74, 6) is 0.116. The topological polar surface area (TPSA) is 60.9 Å². The smallest absolute Gasteiger partial charge is 0.257 e. The predicted molar refractivity (Wildman–Crippen MR) is 99.8 cm³/mol. The van der Waals surface area contributed by atoms with Gasteiger partial charge < -0.3 is 9.80 Å². The first-order valence-corrected chi connectivity index (χ1v) is 9.45. The van der Waals surface area contributed by atoms with Crippen molar-refractivity contribution in [3.8, 4) is 0 Å². The largest absolute Gasteiger partial charge is 0.343 e. The Balaban J connectivity index is 1.80. The van der Waals surface area contributed by atoms with Crippen molar-refractivity contribution in [1.82, 2.24) is 9.80 Å². The van der Waals surface area contributed by atoms with Gasteiger partial charge in [-0.05, 0) is 45.7 Å². The molecule has 1 aromatic carbocycles. The summed E-state index contributed by atoms with van der Waals surface area (Å²) in [5, 5.41) is 0. The zero-order chi connectivity index (χ0) is 18.9. The fourth-order valence-corrected chi connectivity index (χ4v) is 4.16. The van der Waals surface area contributed by atoms with Crippen molar-refractivity contribution in [2.24, 2.45) is 0 Å². The lowest BCUT2D eigenvalue weighted by Crippen LogP contribution is -2.62.